The zero-order chi connectivity index (χ0) is 20.2. The highest BCUT2D eigenvalue weighted by Gasteiger charge is 2.23. The third-order valence-corrected chi connectivity index (χ3v) is 7.46. The highest BCUT2D eigenvalue weighted by molar-refractivity contribution is 7.99. The second-order valence-electron chi connectivity index (χ2n) is 7.64. The molecular weight excluding hydrogens is 400 g/mol. The Morgan fingerprint density at radius 3 is 2.97 bits per heavy atom. The lowest BCUT2D eigenvalue weighted by atomic mass is 9.88. The van der Waals surface area contributed by atoms with Crippen molar-refractivity contribution >= 4 is 29.0 Å². The van der Waals surface area contributed by atoms with Gasteiger partial charge in [-0.15, -0.1) is 21.5 Å². The van der Waals surface area contributed by atoms with Gasteiger partial charge in [-0.2, -0.15) is 0 Å². The van der Waals surface area contributed by atoms with E-state index in [2.05, 4.69) is 40.0 Å². The number of nitrogens with zero attached hydrogens (tertiary/aromatic N) is 3. The molecule has 0 aliphatic heterocycles. The maximum Gasteiger partial charge on any atom is 0.230 e. The van der Waals surface area contributed by atoms with Gasteiger partial charge in [0.2, 0.25) is 5.91 Å². The van der Waals surface area contributed by atoms with E-state index in [4.69, 9.17) is 0 Å². The van der Waals surface area contributed by atoms with Gasteiger partial charge in [-0.1, -0.05) is 49.0 Å². The number of nitrogens with one attached hydrogen (secondary N) is 1. The van der Waals surface area contributed by atoms with Crippen LogP contribution in [0.1, 0.15) is 29.3 Å². The minimum atomic E-state index is 0.0254. The summed E-state index contributed by atoms with van der Waals surface area (Å²) >= 11 is 3.28. The lowest BCUT2D eigenvalue weighted by Crippen LogP contribution is -2.27. The molecule has 1 N–H and O–H groups in total. The van der Waals surface area contributed by atoms with Crippen LogP contribution in [0.25, 0.3) is 11.4 Å². The van der Waals surface area contributed by atoms with Gasteiger partial charge in [-0.25, -0.2) is 0 Å². The zero-order valence-electron chi connectivity index (χ0n) is 16.9. The van der Waals surface area contributed by atoms with Crippen LogP contribution < -0.4 is 5.32 Å². The van der Waals surface area contributed by atoms with Crippen LogP contribution in [-0.4, -0.2) is 33.0 Å². The second-order valence-corrected chi connectivity index (χ2v) is 9.55. The molecule has 4 rings (SSSR count). The maximum absolute atomic E-state index is 12.2. The van der Waals surface area contributed by atoms with Gasteiger partial charge in [0.1, 0.15) is 0 Å². The van der Waals surface area contributed by atoms with Crippen molar-refractivity contribution < 1.29 is 4.79 Å². The largest absolute Gasteiger partial charge is 0.355 e. The molecule has 1 unspecified atom stereocenters. The number of carbonyl (C=O) groups is 1. The van der Waals surface area contributed by atoms with Crippen molar-refractivity contribution in [1.29, 1.82) is 0 Å². The number of amides is 1. The Morgan fingerprint density at radius 2 is 2.14 bits per heavy atom. The van der Waals surface area contributed by atoms with Crippen molar-refractivity contribution in [3.05, 3.63) is 51.7 Å². The summed E-state index contributed by atoms with van der Waals surface area (Å²) in [5.74, 6) is 2.04. The van der Waals surface area contributed by atoms with Gasteiger partial charge in [-0.3, -0.25) is 4.79 Å². The summed E-state index contributed by atoms with van der Waals surface area (Å²) in [5, 5.41) is 14.8. The van der Waals surface area contributed by atoms with Crippen LogP contribution in [0.5, 0.6) is 0 Å². The van der Waals surface area contributed by atoms with E-state index in [1.54, 1.807) is 0 Å². The molecule has 0 bridgehead atoms. The maximum atomic E-state index is 12.2. The molecule has 1 atom stereocenters. The average molecular weight is 427 g/mol. The number of carbonyl (C=O) groups excluding carboxylic acids is 1. The molecule has 0 saturated heterocycles. The quantitative estimate of drug-likeness (QED) is 0.578. The predicted octanol–water partition coefficient (Wildman–Crippen LogP) is 4.12. The van der Waals surface area contributed by atoms with Gasteiger partial charge in [0.15, 0.2) is 11.0 Å². The summed E-state index contributed by atoms with van der Waals surface area (Å²) in [4.78, 5) is 13.7. The third-order valence-electron chi connectivity index (χ3n) is 5.39. The SMILES string of the molecule is CC1CCc2c(-c3nnc(SCC(=O)NCCc4ccccc4)n3C)csc2C1. The molecule has 152 valence electrons. The lowest BCUT2D eigenvalue weighted by Gasteiger charge is -2.18. The van der Waals surface area contributed by atoms with Crippen LogP contribution in [0.15, 0.2) is 40.9 Å². The molecule has 1 aliphatic carbocycles. The number of fused-ring (bicyclic) bond motifs is 1. The van der Waals surface area contributed by atoms with Gasteiger partial charge in [0.25, 0.3) is 0 Å². The highest BCUT2D eigenvalue weighted by Crippen LogP contribution is 2.37. The van der Waals surface area contributed by atoms with Crippen molar-refractivity contribution in [3.63, 3.8) is 0 Å². The Kier molecular flexibility index (Phi) is 6.35. The molecule has 29 heavy (non-hydrogen) atoms. The number of hydrogen-bond donors (Lipinski definition) is 1. The first-order chi connectivity index (χ1) is 14.1. The molecular formula is C22H26N4OS2. The molecule has 0 spiro atoms. The molecule has 1 aliphatic rings. The first-order valence-electron chi connectivity index (χ1n) is 10.0. The zero-order valence-corrected chi connectivity index (χ0v) is 18.5. The van der Waals surface area contributed by atoms with E-state index in [1.807, 2.05) is 41.2 Å². The fraction of sp³-hybridized carbons (Fsp3) is 0.409. The first kappa shape index (κ1) is 20.2. The minimum Gasteiger partial charge on any atom is -0.355 e. The van der Waals surface area contributed by atoms with E-state index in [0.29, 0.717) is 12.3 Å². The van der Waals surface area contributed by atoms with Crippen molar-refractivity contribution in [1.82, 2.24) is 20.1 Å². The predicted molar refractivity (Wildman–Crippen MR) is 119 cm³/mol. The van der Waals surface area contributed by atoms with E-state index < -0.39 is 0 Å². The minimum absolute atomic E-state index is 0.0254. The monoisotopic (exact) mass is 426 g/mol. The third kappa shape index (κ3) is 4.73. The molecule has 7 heteroatoms. The van der Waals surface area contributed by atoms with Crippen LogP contribution in [0.3, 0.4) is 0 Å². The second kappa shape index (κ2) is 9.13. The Hall–Kier alpha value is -2.12. The van der Waals surface area contributed by atoms with Crippen molar-refractivity contribution in [2.75, 3.05) is 12.3 Å². The molecule has 2 aromatic heterocycles. The molecule has 1 aromatic carbocycles. The normalized spacial score (nSPS) is 15.9. The summed E-state index contributed by atoms with van der Waals surface area (Å²) in [6, 6.07) is 10.2. The number of thioether (sulfide) groups is 1. The van der Waals surface area contributed by atoms with E-state index in [0.717, 1.165) is 29.7 Å². The van der Waals surface area contributed by atoms with Crippen LogP contribution in [0, 0.1) is 5.92 Å². The van der Waals surface area contributed by atoms with Gasteiger partial charge >= 0.3 is 0 Å². The van der Waals surface area contributed by atoms with Crippen LogP contribution >= 0.6 is 23.1 Å². The van der Waals surface area contributed by atoms with E-state index in [-0.39, 0.29) is 5.91 Å². The van der Waals surface area contributed by atoms with Crippen LogP contribution in [-0.2, 0) is 31.1 Å². The molecule has 2 heterocycles. The summed E-state index contributed by atoms with van der Waals surface area (Å²) < 4.78 is 2.02. The van der Waals surface area contributed by atoms with E-state index in [1.165, 1.54) is 46.2 Å². The average Bonchev–Trinajstić information content (AvgIpc) is 3.29. The summed E-state index contributed by atoms with van der Waals surface area (Å²) in [5.41, 5.74) is 3.89. The van der Waals surface area contributed by atoms with Gasteiger partial charge < -0.3 is 9.88 Å². The van der Waals surface area contributed by atoms with Crippen LogP contribution in [0.4, 0.5) is 0 Å². The summed E-state index contributed by atoms with van der Waals surface area (Å²) in [6.07, 6.45) is 4.36. The number of aromatic nitrogens is 3. The number of thiophene rings is 1. The molecule has 1 amide bonds. The van der Waals surface area contributed by atoms with E-state index >= 15 is 0 Å². The molecule has 0 radical (unpaired) electrons. The van der Waals surface area contributed by atoms with Crippen molar-refractivity contribution in [2.24, 2.45) is 13.0 Å². The van der Waals surface area contributed by atoms with E-state index in [9.17, 15) is 4.79 Å². The Bertz CT molecular complexity index is 980. The van der Waals surface area contributed by atoms with Gasteiger partial charge in [0.05, 0.1) is 5.75 Å². The number of benzene rings is 1. The molecule has 3 aromatic rings. The smallest absolute Gasteiger partial charge is 0.230 e. The van der Waals surface area contributed by atoms with Gasteiger partial charge in [0, 0.05) is 29.4 Å². The summed E-state index contributed by atoms with van der Waals surface area (Å²) in [7, 11) is 1.99. The van der Waals surface area contributed by atoms with Crippen molar-refractivity contribution in [2.45, 2.75) is 37.8 Å². The Morgan fingerprint density at radius 1 is 1.31 bits per heavy atom. The van der Waals surface area contributed by atoms with Crippen LogP contribution in [0.2, 0.25) is 0 Å². The number of hydrogen-bond acceptors (Lipinski definition) is 5. The molecule has 0 fully saturated rings. The van der Waals surface area contributed by atoms with Crippen molar-refractivity contribution in [3.8, 4) is 11.4 Å². The molecule has 5 nitrogen and oxygen atoms in total. The fourth-order valence-corrected chi connectivity index (χ4v) is 5.70. The fourth-order valence-electron chi connectivity index (χ4n) is 3.71. The highest BCUT2D eigenvalue weighted by atomic mass is 32.2. The topological polar surface area (TPSA) is 59.8 Å². The first-order valence-corrected chi connectivity index (χ1v) is 11.9. The van der Waals surface area contributed by atoms with Gasteiger partial charge in [-0.05, 0) is 42.7 Å². The lowest BCUT2D eigenvalue weighted by molar-refractivity contribution is -0.118. The standard InChI is InChI=1S/C22H26N4OS2/c1-15-8-9-17-18(13-28-19(17)12-15)21-24-25-22(26(21)2)29-14-20(27)23-11-10-16-6-4-3-5-7-16/h3-7,13,15H,8-12,14H2,1-2H3,(H,23,27). The Balaban J connectivity index is 1.33. The Labute approximate surface area is 179 Å². The number of rotatable bonds is 7. The summed E-state index contributed by atoms with van der Waals surface area (Å²) in [6.45, 7) is 2.97. The molecule has 0 saturated carbocycles.